The van der Waals surface area contributed by atoms with Gasteiger partial charge in [0.2, 0.25) is 5.96 Å². The van der Waals surface area contributed by atoms with E-state index < -0.39 is 0 Å². The highest BCUT2D eigenvalue weighted by atomic mass is 35.5. The molecular formula is C10H13ClN4. The molecule has 0 aliphatic rings. The highest BCUT2D eigenvalue weighted by molar-refractivity contribution is 6.33. The first-order chi connectivity index (χ1) is 7.15. The molecule has 0 aliphatic carbocycles. The number of benzene rings is 1. The van der Waals surface area contributed by atoms with Crippen LogP contribution in [-0.4, -0.2) is 12.2 Å². The number of guanidine groups is 1. The van der Waals surface area contributed by atoms with Gasteiger partial charge in [0.05, 0.1) is 6.21 Å². The summed E-state index contributed by atoms with van der Waals surface area (Å²) < 4.78 is 0. The zero-order chi connectivity index (χ0) is 11.3. The topological polar surface area (TPSA) is 76.8 Å². The molecule has 0 aromatic heterocycles. The molecule has 4 nitrogen and oxygen atoms in total. The summed E-state index contributed by atoms with van der Waals surface area (Å²) in [6.45, 7) is 2.05. The van der Waals surface area contributed by atoms with Gasteiger partial charge in [-0.25, -0.2) is 0 Å². The first kappa shape index (κ1) is 11.5. The molecule has 0 radical (unpaired) electrons. The fraction of sp³-hybridized carbons (Fsp3) is 0.200. The van der Waals surface area contributed by atoms with Crippen molar-refractivity contribution in [3.8, 4) is 0 Å². The predicted molar refractivity (Wildman–Crippen MR) is 64.2 cm³/mol. The minimum Gasteiger partial charge on any atom is -0.369 e. The van der Waals surface area contributed by atoms with E-state index in [1.165, 1.54) is 0 Å². The summed E-state index contributed by atoms with van der Waals surface area (Å²) >= 11 is 6.02. The summed E-state index contributed by atoms with van der Waals surface area (Å²) in [6, 6.07) is 5.69. The number of hydrogen-bond donors (Lipinski definition) is 2. The van der Waals surface area contributed by atoms with E-state index >= 15 is 0 Å². The number of halogens is 1. The Balaban J connectivity index is 3.02. The molecule has 0 saturated carbocycles. The third-order valence-electron chi connectivity index (χ3n) is 1.88. The van der Waals surface area contributed by atoms with Crippen molar-refractivity contribution in [2.75, 3.05) is 0 Å². The molecular weight excluding hydrogens is 212 g/mol. The van der Waals surface area contributed by atoms with Gasteiger partial charge in [-0.3, -0.25) is 0 Å². The van der Waals surface area contributed by atoms with Crippen LogP contribution < -0.4 is 11.5 Å². The average Bonchev–Trinajstić information content (AvgIpc) is 2.20. The van der Waals surface area contributed by atoms with E-state index in [4.69, 9.17) is 23.1 Å². The van der Waals surface area contributed by atoms with Gasteiger partial charge in [-0.15, -0.1) is 5.10 Å². The van der Waals surface area contributed by atoms with Crippen molar-refractivity contribution >= 4 is 23.8 Å². The lowest BCUT2D eigenvalue weighted by atomic mass is 10.1. The van der Waals surface area contributed by atoms with Crippen LogP contribution in [0.3, 0.4) is 0 Å². The van der Waals surface area contributed by atoms with Crippen LogP contribution in [-0.2, 0) is 6.42 Å². The highest BCUT2D eigenvalue weighted by Gasteiger charge is 2.02. The Morgan fingerprint density at radius 2 is 2.20 bits per heavy atom. The third kappa shape index (κ3) is 3.25. The molecule has 0 heterocycles. The number of hydrogen-bond acceptors (Lipinski definition) is 2. The van der Waals surface area contributed by atoms with Gasteiger partial charge in [0.25, 0.3) is 0 Å². The lowest BCUT2D eigenvalue weighted by Crippen LogP contribution is -2.21. The van der Waals surface area contributed by atoms with Crippen LogP contribution in [0, 0.1) is 0 Å². The summed E-state index contributed by atoms with van der Waals surface area (Å²) in [6.07, 6.45) is 2.44. The molecule has 0 spiro atoms. The van der Waals surface area contributed by atoms with Crippen LogP contribution in [0.25, 0.3) is 0 Å². The van der Waals surface area contributed by atoms with Crippen molar-refractivity contribution in [1.29, 1.82) is 0 Å². The Hall–Kier alpha value is -1.55. The molecule has 1 aromatic carbocycles. The van der Waals surface area contributed by atoms with Gasteiger partial charge in [0.1, 0.15) is 0 Å². The first-order valence-corrected chi connectivity index (χ1v) is 4.92. The van der Waals surface area contributed by atoms with E-state index in [1.54, 1.807) is 12.3 Å². The van der Waals surface area contributed by atoms with Crippen LogP contribution in [0.15, 0.2) is 28.4 Å². The summed E-state index contributed by atoms with van der Waals surface area (Å²) in [7, 11) is 0. The van der Waals surface area contributed by atoms with Crippen molar-refractivity contribution in [2.24, 2.45) is 21.7 Å². The summed E-state index contributed by atoms with van der Waals surface area (Å²) in [5.41, 5.74) is 12.3. The van der Waals surface area contributed by atoms with Crippen LogP contribution in [0.1, 0.15) is 18.1 Å². The maximum Gasteiger partial charge on any atom is 0.211 e. The quantitative estimate of drug-likeness (QED) is 0.464. The van der Waals surface area contributed by atoms with Crippen LogP contribution in [0.5, 0.6) is 0 Å². The lowest BCUT2D eigenvalue weighted by molar-refractivity contribution is 1.13. The molecule has 15 heavy (non-hydrogen) atoms. The Morgan fingerprint density at radius 3 is 2.80 bits per heavy atom. The largest absolute Gasteiger partial charge is 0.369 e. The normalized spacial score (nSPS) is 10.5. The molecule has 0 aliphatic heterocycles. The third-order valence-corrected chi connectivity index (χ3v) is 2.21. The molecule has 1 aromatic rings. The second-order valence-corrected chi connectivity index (χ2v) is 3.34. The van der Waals surface area contributed by atoms with Gasteiger partial charge >= 0.3 is 0 Å². The molecule has 1 rings (SSSR count). The molecule has 0 fully saturated rings. The van der Waals surface area contributed by atoms with Crippen molar-refractivity contribution < 1.29 is 0 Å². The Morgan fingerprint density at radius 1 is 1.47 bits per heavy atom. The number of nitrogens with two attached hydrogens (primary N) is 2. The maximum absolute atomic E-state index is 6.02. The van der Waals surface area contributed by atoms with E-state index in [-0.39, 0.29) is 5.96 Å². The number of nitrogens with zero attached hydrogens (tertiary/aromatic N) is 2. The van der Waals surface area contributed by atoms with Crippen LogP contribution in [0.2, 0.25) is 5.02 Å². The average molecular weight is 225 g/mol. The number of aryl methyl sites for hydroxylation is 1. The van der Waals surface area contributed by atoms with Gasteiger partial charge in [0.15, 0.2) is 0 Å². The highest BCUT2D eigenvalue weighted by Crippen LogP contribution is 2.18. The standard InChI is InChI=1S/C10H13ClN4/c1-2-7-4-3-5-9(11)8(7)6-14-15-10(12)13/h3-6H,2H2,1H3,(H4,12,13,15)/b14-6+. The Kier molecular flexibility index (Phi) is 4.12. The fourth-order valence-corrected chi connectivity index (χ4v) is 1.43. The zero-order valence-electron chi connectivity index (χ0n) is 8.44. The summed E-state index contributed by atoms with van der Waals surface area (Å²) in [4.78, 5) is 0. The monoisotopic (exact) mass is 224 g/mol. The molecule has 4 N–H and O–H groups in total. The number of rotatable bonds is 3. The molecule has 80 valence electrons. The molecule has 0 amide bonds. The summed E-state index contributed by atoms with van der Waals surface area (Å²) in [5.74, 6) is -0.0728. The smallest absolute Gasteiger partial charge is 0.211 e. The zero-order valence-corrected chi connectivity index (χ0v) is 9.20. The van der Waals surface area contributed by atoms with Crippen LogP contribution >= 0.6 is 11.6 Å². The van der Waals surface area contributed by atoms with Gasteiger partial charge < -0.3 is 11.5 Å². The van der Waals surface area contributed by atoms with Gasteiger partial charge in [-0.1, -0.05) is 30.7 Å². The fourth-order valence-electron chi connectivity index (χ4n) is 1.19. The first-order valence-electron chi connectivity index (χ1n) is 4.54. The van der Waals surface area contributed by atoms with Crippen molar-refractivity contribution in [3.05, 3.63) is 34.3 Å². The Bertz CT molecular complexity index is 394. The SMILES string of the molecule is CCc1cccc(Cl)c1/C=N/N=C(N)N. The van der Waals surface area contributed by atoms with Gasteiger partial charge in [-0.2, -0.15) is 5.10 Å². The van der Waals surface area contributed by atoms with Crippen molar-refractivity contribution in [1.82, 2.24) is 0 Å². The molecule has 0 saturated heterocycles. The van der Waals surface area contributed by atoms with E-state index in [1.807, 2.05) is 19.1 Å². The van der Waals surface area contributed by atoms with Crippen LogP contribution in [0.4, 0.5) is 0 Å². The molecule has 0 atom stereocenters. The van der Waals surface area contributed by atoms with E-state index in [2.05, 4.69) is 10.2 Å². The van der Waals surface area contributed by atoms with E-state index in [0.717, 1.165) is 17.5 Å². The molecule has 5 heteroatoms. The lowest BCUT2D eigenvalue weighted by Gasteiger charge is -2.03. The van der Waals surface area contributed by atoms with Gasteiger partial charge in [0, 0.05) is 10.6 Å². The Labute approximate surface area is 93.6 Å². The minimum atomic E-state index is -0.0728. The molecule has 0 unspecified atom stereocenters. The van der Waals surface area contributed by atoms with Crippen molar-refractivity contribution in [2.45, 2.75) is 13.3 Å². The van der Waals surface area contributed by atoms with E-state index in [0.29, 0.717) is 5.02 Å². The maximum atomic E-state index is 6.02. The van der Waals surface area contributed by atoms with Gasteiger partial charge in [-0.05, 0) is 18.1 Å². The minimum absolute atomic E-state index is 0.0728. The predicted octanol–water partition coefficient (Wildman–Crippen LogP) is 1.51. The summed E-state index contributed by atoms with van der Waals surface area (Å²) in [5, 5.41) is 7.90. The molecule has 0 bridgehead atoms. The second-order valence-electron chi connectivity index (χ2n) is 2.94. The van der Waals surface area contributed by atoms with Crippen molar-refractivity contribution in [3.63, 3.8) is 0 Å². The van der Waals surface area contributed by atoms with E-state index in [9.17, 15) is 0 Å². The second kappa shape index (κ2) is 5.36.